The number of rotatable bonds is 6. The second-order valence-corrected chi connectivity index (χ2v) is 10.3. The summed E-state index contributed by atoms with van der Waals surface area (Å²) in [6.07, 6.45) is -0.439. The molecular weight excluding hydrogens is 452 g/mol. The van der Waals surface area contributed by atoms with Crippen LogP contribution in [0.4, 0.5) is 0 Å². The van der Waals surface area contributed by atoms with Gasteiger partial charge < -0.3 is 14.5 Å². The molecule has 170 valence electrons. The molecule has 0 spiro atoms. The summed E-state index contributed by atoms with van der Waals surface area (Å²) >= 11 is 6.21. The molecule has 0 aliphatic carbocycles. The molecule has 0 radical (unpaired) electrons. The molecule has 1 fully saturated rings. The maximum absolute atomic E-state index is 13.5. The number of ether oxygens (including phenoxy) is 2. The fourth-order valence-corrected chi connectivity index (χ4v) is 5.68. The van der Waals surface area contributed by atoms with Gasteiger partial charge in [-0.2, -0.15) is 4.31 Å². The molecule has 0 saturated carbocycles. The van der Waals surface area contributed by atoms with Crippen molar-refractivity contribution in [3.8, 4) is 0 Å². The lowest BCUT2D eigenvalue weighted by Gasteiger charge is -2.29. The third-order valence-corrected chi connectivity index (χ3v) is 7.94. The second-order valence-electron chi connectivity index (χ2n) is 7.94. The molecule has 7 nitrogen and oxygen atoms in total. The minimum absolute atomic E-state index is 0.0120. The van der Waals surface area contributed by atoms with Gasteiger partial charge in [-0.3, -0.25) is 4.79 Å². The predicted molar refractivity (Wildman–Crippen MR) is 124 cm³/mol. The molecule has 1 saturated heterocycles. The molecule has 4 rings (SSSR count). The number of aryl methyl sites for hydroxylation is 2. The number of hydrogen-bond donors (Lipinski definition) is 1. The first-order chi connectivity index (χ1) is 15.3. The number of benzene rings is 2. The number of H-pyrrole nitrogens is 1. The maximum atomic E-state index is 13.5. The molecule has 0 unspecified atom stereocenters. The Bertz CT molecular complexity index is 1300. The lowest BCUT2D eigenvalue weighted by atomic mass is 10.0. The molecule has 32 heavy (non-hydrogen) atoms. The molecule has 9 heteroatoms. The van der Waals surface area contributed by atoms with Crippen molar-refractivity contribution in [3.63, 3.8) is 0 Å². The summed E-state index contributed by atoms with van der Waals surface area (Å²) in [7, 11) is -4.00. The van der Waals surface area contributed by atoms with E-state index in [0.29, 0.717) is 24.3 Å². The Morgan fingerprint density at radius 3 is 2.59 bits per heavy atom. The largest absolute Gasteiger partial charge is 0.376 e. The predicted octanol–water partition coefficient (Wildman–Crippen LogP) is 3.40. The lowest BCUT2D eigenvalue weighted by Crippen LogP contribution is -2.43. The van der Waals surface area contributed by atoms with Gasteiger partial charge in [0.2, 0.25) is 10.0 Å². The van der Waals surface area contributed by atoms with Crippen molar-refractivity contribution in [3.05, 3.63) is 74.5 Å². The van der Waals surface area contributed by atoms with E-state index in [0.717, 1.165) is 16.5 Å². The van der Waals surface area contributed by atoms with Crippen LogP contribution in [0.25, 0.3) is 10.9 Å². The van der Waals surface area contributed by atoms with Gasteiger partial charge in [0, 0.05) is 24.2 Å². The van der Waals surface area contributed by atoms with Gasteiger partial charge in [-0.1, -0.05) is 23.7 Å². The molecule has 1 N–H and O–H groups in total. The fourth-order valence-electron chi connectivity index (χ4n) is 3.74. The zero-order valence-corrected chi connectivity index (χ0v) is 19.5. The van der Waals surface area contributed by atoms with E-state index in [-0.39, 0.29) is 35.2 Å². The topological polar surface area (TPSA) is 88.7 Å². The first kappa shape index (κ1) is 22.9. The maximum Gasteiger partial charge on any atom is 0.252 e. The number of sulfonamides is 1. The van der Waals surface area contributed by atoms with E-state index in [2.05, 4.69) is 4.98 Å². The second kappa shape index (κ2) is 9.33. The minimum Gasteiger partial charge on any atom is -0.376 e. The number of halogens is 1. The van der Waals surface area contributed by atoms with E-state index in [1.54, 1.807) is 18.2 Å². The van der Waals surface area contributed by atoms with Crippen LogP contribution in [-0.4, -0.2) is 50.2 Å². The number of fused-ring (bicyclic) bond motifs is 1. The molecule has 2 heterocycles. The van der Waals surface area contributed by atoms with E-state index >= 15 is 0 Å². The zero-order valence-electron chi connectivity index (χ0n) is 17.9. The Kier molecular flexibility index (Phi) is 6.69. The number of aromatic amines is 1. The Morgan fingerprint density at radius 2 is 1.88 bits per heavy atom. The third-order valence-electron chi connectivity index (χ3n) is 5.63. The number of pyridine rings is 1. The molecular formula is C23H25ClN2O5S. The van der Waals surface area contributed by atoms with Crippen LogP contribution in [0.3, 0.4) is 0 Å². The van der Waals surface area contributed by atoms with E-state index in [9.17, 15) is 13.2 Å². The smallest absolute Gasteiger partial charge is 0.252 e. The Balaban J connectivity index is 1.75. The first-order valence-corrected chi connectivity index (χ1v) is 12.1. The van der Waals surface area contributed by atoms with Crippen LogP contribution in [0.5, 0.6) is 0 Å². The van der Waals surface area contributed by atoms with Crippen LogP contribution in [0.15, 0.2) is 52.2 Å². The molecule has 1 aliphatic heterocycles. The molecule has 1 aromatic heterocycles. The van der Waals surface area contributed by atoms with Crippen molar-refractivity contribution >= 4 is 32.5 Å². The molecule has 1 atom stereocenters. The van der Waals surface area contributed by atoms with Gasteiger partial charge in [0.05, 0.1) is 30.9 Å². The molecule has 0 amide bonds. The Hall–Kier alpha value is -2.23. The standard InChI is InChI=1S/C23H25ClN2O5S/c1-15-9-17-11-18(23(27)25-21(17)10-16(15)2)12-26(13-19-14-30-7-8-31-19)32(28,29)22-6-4-3-5-20(22)24/h3-6,9-11,19H,7-8,12-14H2,1-2H3,(H,25,27)/t19-/m1/s1. The van der Waals surface area contributed by atoms with E-state index in [1.165, 1.54) is 16.4 Å². The van der Waals surface area contributed by atoms with Gasteiger partial charge >= 0.3 is 0 Å². The van der Waals surface area contributed by atoms with E-state index in [4.69, 9.17) is 21.1 Å². The van der Waals surface area contributed by atoms with Crippen LogP contribution in [0, 0.1) is 13.8 Å². The first-order valence-electron chi connectivity index (χ1n) is 10.3. The van der Waals surface area contributed by atoms with Crippen LogP contribution in [0.1, 0.15) is 16.7 Å². The molecule has 3 aromatic rings. The van der Waals surface area contributed by atoms with Crippen LogP contribution >= 0.6 is 11.6 Å². The summed E-state index contributed by atoms with van der Waals surface area (Å²) < 4.78 is 39.4. The van der Waals surface area contributed by atoms with Crippen molar-refractivity contribution < 1.29 is 17.9 Å². The highest BCUT2D eigenvalue weighted by Gasteiger charge is 2.31. The van der Waals surface area contributed by atoms with Crippen LogP contribution in [-0.2, 0) is 26.0 Å². The van der Waals surface area contributed by atoms with E-state index < -0.39 is 16.1 Å². The summed E-state index contributed by atoms with van der Waals surface area (Å²) in [5.74, 6) is 0. The average molecular weight is 477 g/mol. The monoisotopic (exact) mass is 476 g/mol. The van der Waals surface area contributed by atoms with Gasteiger partial charge in [-0.05, 0) is 60.7 Å². The van der Waals surface area contributed by atoms with Gasteiger partial charge in [-0.15, -0.1) is 0 Å². The van der Waals surface area contributed by atoms with Gasteiger partial charge in [0.15, 0.2) is 0 Å². The van der Waals surface area contributed by atoms with Crippen molar-refractivity contribution in [2.24, 2.45) is 0 Å². The SMILES string of the molecule is Cc1cc2cc(CN(C[C@@H]3COCCO3)S(=O)(=O)c3ccccc3Cl)c(=O)[nH]c2cc1C. The van der Waals surface area contributed by atoms with Gasteiger partial charge in [0.1, 0.15) is 4.90 Å². The molecule has 2 aromatic carbocycles. The third kappa shape index (κ3) is 4.74. The van der Waals surface area contributed by atoms with Crippen molar-refractivity contribution in [1.82, 2.24) is 9.29 Å². The Labute approximate surface area is 192 Å². The molecule has 1 aliphatic rings. The lowest BCUT2D eigenvalue weighted by molar-refractivity contribution is -0.0923. The van der Waals surface area contributed by atoms with Gasteiger partial charge in [0.25, 0.3) is 5.56 Å². The van der Waals surface area contributed by atoms with Gasteiger partial charge in [-0.25, -0.2) is 8.42 Å². The highest BCUT2D eigenvalue weighted by molar-refractivity contribution is 7.89. The summed E-state index contributed by atoms with van der Waals surface area (Å²) in [5.41, 5.74) is 2.88. The van der Waals surface area contributed by atoms with Crippen molar-refractivity contribution in [2.75, 3.05) is 26.4 Å². The summed E-state index contributed by atoms with van der Waals surface area (Å²) in [4.78, 5) is 15.7. The summed E-state index contributed by atoms with van der Waals surface area (Å²) in [6, 6.07) is 11.9. The highest BCUT2D eigenvalue weighted by Crippen LogP contribution is 2.26. The van der Waals surface area contributed by atoms with Crippen molar-refractivity contribution in [2.45, 2.75) is 31.4 Å². The zero-order chi connectivity index (χ0) is 22.9. The minimum atomic E-state index is -4.00. The fraction of sp³-hybridized carbons (Fsp3) is 0.348. The van der Waals surface area contributed by atoms with Crippen molar-refractivity contribution in [1.29, 1.82) is 0 Å². The van der Waals surface area contributed by atoms with Crippen LogP contribution in [0.2, 0.25) is 5.02 Å². The molecule has 0 bridgehead atoms. The quantitative estimate of drug-likeness (QED) is 0.589. The number of aromatic nitrogens is 1. The average Bonchev–Trinajstić information content (AvgIpc) is 2.76. The normalized spacial score (nSPS) is 17.2. The highest BCUT2D eigenvalue weighted by atomic mass is 35.5. The summed E-state index contributed by atoms with van der Waals surface area (Å²) in [5, 5.41) is 0.965. The van der Waals surface area contributed by atoms with Crippen LogP contribution < -0.4 is 5.56 Å². The number of nitrogens with zero attached hydrogens (tertiary/aromatic N) is 1. The number of hydrogen-bond acceptors (Lipinski definition) is 5. The van der Waals surface area contributed by atoms with E-state index in [1.807, 2.05) is 26.0 Å². The Morgan fingerprint density at radius 1 is 1.12 bits per heavy atom. The summed E-state index contributed by atoms with van der Waals surface area (Å²) in [6.45, 7) is 5.03. The number of nitrogens with one attached hydrogen (secondary N) is 1.